The molecule has 5 nitrogen and oxygen atoms in total. The Morgan fingerprint density at radius 3 is 2.79 bits per heavy atom. The third-order valence-electron chi connectivity index (χ3n) is 4.57. The van der Waals surface area contributed by atoms with E-state index in [0.29, 0.717) is 17.9 Å². The first kappa shape index (κ1) is 16.6. The van der Waals surface area contributed by atoms with Crippen molar-refractivity contribution in [2.75, 3.05) is 26.7 Å². The first-order chi connectivity index (χ1) is 11.6. The van der Waals surface area contributed by atoms with E-state index < -0.39 is 0 Å². The number of hydrogen-bond acceptors (Lipinski definition) is 3. The van der Waals surface area contributed by atoms with Crippen LogP contribution in [0.3, 0.4) is 0 Å². The second kappa shape index (κ2) is 7.13. The molecule has 1 aromatic heterocycles. The Kier molecular flexibility index (Phi) is 4.94. The van der Waals surface area contributed by atoms with Crippen molar-refractivity contribution in [2.24, 2.45) is 5.92 Å². The van der Waals surface area contributed by atoms with Crippen LogP contribution in [0, 0.1) is 11.7 Å². The third kappa shape index (κ3) is 3.19. The van der Waals surface area contributed by atoms with Crippen LogP contribution in [-0.4, -0.2) is 47.3 Å². The van der Waals surface area contributed by atoms with Crippen molar-refractivity contribution in [3.05, 3.63) is 47.5 Å². The second-order valence-electron chi connectivity index (χ2n) is 6.21. The van der Waals surface area contributed by atoms with Gasteiger partial charge in [0.2, 0.25) is 0 Å². The minimum Gasteiger partial charge on any atom is -0.338 e. The topological polar surface area (TPSA) is 50.2 Å². The van der Waals surface area contributed by atoms with Crippen LogP contribution in [0.4, 0.5) is 4.39 Å². The van der Waals surface area contributed by atoms with Gasteiger partial charge < -0.3 is 10.2 Å². The molecule has 0 aliphatic carbocycles. The molecule has 0 bridgehead atoms. The standard InChI is InChI=1S/C18H23FN4O/c1-3-17-16(18(24)22-9-8-13(12-22)10-20-2)11-21-23(17)15-6-4-14(19)5-7-15/h4-7,11,13,20H,3,8-10,12H2,1-2H3. The normalized spacial score (nSPS) is 17.5. The Hall–Kier alpha value is -2.21. The fraction of sp³-hybridized carbons (Fsp3) is 0.444. The molecule has 3 rings (SSSR count). The summed E-state index contributed by atoms with van der Waals surface area (Å²) in [5.41, 5.74) is 2.28. The number of likely N-dealkylation sites (tertiary alicyclic amines) is 1. The zero-order valence-corrected chi connectivity index (χ0v) is 14.1. The van der Waals surface area contributed by atoms with Gasteiger partial charge in [0, 0.05) is 13.1 Å². The molecule has 1 aliphatic rings. The number of benzene rings is 1. The molecule has 1 N–H and O–H groups in total. The van der Waals surface area contributed by atoms with Crippen molar-refractivity contribution >= 4 is 5.91 Å². The number of amides is 1. The lowest BCUT2D eigenvalue weighted by atomic mass is 10.1. The van der Waals surface area contributed by atoms with Crippen molar-refractivity contribution in [2.45, 2.75) is 19.8 Å². The van der Waals surface area contributed by atoms with E-state index >= 15 is 0 Å². The Balaban J connectivity index is 1.84. The van der Waals surface area contributed by atoms with E-state index in [2.05, 4.69) is 10.4 Å². The summed E-state index contributed by atoms with van der Waals surface area (Å²) in [4.78, 5) is 14.8. The molecule has 128 valence electrons. The highest BCUT2D eigenvalue weighted by Gasteiger charge is 2.29. The number of nitrogens with one attached hydrogen (secondary N) is 1. The van der Waals surface area contributed by atoms with Crippen LogP contribution in [0.15, 0.2) is 30.5 Å². The van der Waals surface area contributed by atoms with Gasteiger partial charge in [-0.2, -0.15) is 5.10 Å². The average Bonchev–Trinajstić information content (AvgIpc) is 3.22. The fourth-order valence-electron chi connectivity index (χ4n) is 3.34. The largest absolute Gasteiger partial charge is 0.338 e. The van der Waals surface area contributed by atoms with Crippen molar-refractivity contribution in [3.63, 3.8) is 0 Å². The average molecular weight is 330 g/mol. The summed E-state index contributed by atoms with van der Waals surface area (Å²) < 4.78 is 14.9. The Labute approximate surface area is 141 Å². The van der Waals surface area contributed by atoms with E-state index in [9.17, 15) is 9.18 Å². The first-order valence-corrected chi connectivity index (χ1v) is 8.40. The smallest absolute Gasteiger partial charge is 0.257 e. The molecule has 1 amide bonds. The van der Waals surface area contributed by atoms with Crippen LogP contribution < -0.4 is 5.32 Å². The van der Waals surface area contributed by atoms with Gasteiger partial charge in [-0.15, -0.1) is 0 Å². The number of nitrogens with zero attached hydrogens (tertiary/aromatic N) is 3. The molecule has 1 atom stereocenters. The summed E-state index contributed by atoms with van der Waals surface area (Å²) in [5.74, 6) is 0.267. The van der Waals surface area contributed by atoms with Crippen LogP contribution in [0.2, 0.25) is 0 Å². The highest BCUT2D eigenvalue weighted by atomic mass is 19.1. The van der Waals surface area contributed by atoms with Crippen molar-refractivity contribution in [1.29, 1.82) is 0 Å². The Morgan fingerprint density at radius 2 is 2.12 bits per heavy atom. The Morgan fingerprint density at radius 1 is 1.38 bits per heavy atom. The molecule has 0 spiro atoms. The summed E-state index contributed by atoms with van der Waals surface area (Å²) in [6, 6.07) is 6.16. The molecular formula is C18H23FN4O. The van der Waals surface area contributed by atoms with Gasteiger partial charge in [0.25, 0.3) is 5.91 Å². The van der Waals surface area contributed by atoms with Gasteiger partial charge in [0.15, 0.2) is 0 Å². The monoisotopic (exact) mass is 330 g/mol. The molecule has 1 aromatic carbocycles. The zero-order chi connectivity index (χ0) is 17.1. The van der Waals surface area contributed by atoms with Crippen molar-refractivity contribution in [3.8, 4) is 5.69 Å². The van der Waals surface area contributed by atoms with Crippen molar-refractivity contribution in [1.82, 2.24) is 20.0 Å². The van der Waals surface area contributed by atoms with Gasteiger partial charge in [-0.25, -0.2) is 9.07 Å². The van der Waals surface area contributed by atoms with Crippen LogP contribution in [0.5, 0.6) is 0 Å². The lowest BCUT2D eigenvalue weighted by Gasteiger charge is -2.17. The molecule has 1 saturated heterocycles. The maximum absolute atomic E-state index is 13.1. The third-order valence-corrected chi connectivity index (χ3v) is 4.57. The molecule has 1 fully saturated rings. The predicted molar refractivity (Wildman–Crippen MR) is 90.8 cm³/mol. The first-order valence-electron chi connectivity index (χ1n) is 8.40. The van der Waals surface area contributed by atoms with Crippen LogP contribution >= 0.6 is 0 Å². The minimum absolute atomic E-state index is 0.0406. The molecule has 2 heterocycles. The van der Waals surface area contributed by atoms with E-state index in [1.165, 1.54) is 12.1 Å². The lowest BCUT2D eigenvalue weighted by Crippen LogP contribution is -2.30. The maximum atomic E-state index is 13.1. The summed E-state index contributed by atoms with van der Waals surface area (Å²) in [6.45, 7) is 4.50. The fourth-order valence-corrected chi connectivity index (χ4v) is 3.34. The zero-order valence-electron chi connectivity index (χ0n) is 14.1. The molecule has 1 unspecified atom stereocenters. The van der Waals surface area contributed by atoms with Gasteiger partial charge in [-0.05, 0) is 56.6 Å². The molecule has 1 aliphatic heterocycles. The highest BCUT2D eigenvalue weighted by Crippen LogP contribution is 2.22. The summed E-state index contributed by atoms with van der Waals surface area (Å²) >= 11 is 0. The van der Waals surface area contributed by atoms with Gasteiger partial charge in [0.1, 0.15) is 5.82 Å². The van der Waals surface area contributed by atoms with Crippen molar-refractivity contribution < 1.29 is 9.18 Å². The number of hydrogen-bond donors (Lipinski definition) is 1. The van der Waals surface area contributed by atoms with Crippen LogP contribution in [0.1, 0.15) is 29.4 Å². The van der Waals surface area contributed by atoms with Gasteiger partial charge in [-0.3, -0.25) is 4.79 Å². The maximum Gasteiger partial charge on any atom is 0.257 e. The molecule has 2 aromatic rings. The SMILES string of the molecule is CCc1c(C(=O)N2CCC(CNC)C2)cnn1-c1ccc(F)cc1. The van der Waals surface area contributed by atoms with E-state index in [-0.39, 0.29) is 11.7 Å². The molecular weight excluding hydrogens is 307 g/mol. The summed E-state index contributed by atoms with van der Waals surface area (Å²) in [6.07, 6.45) is 3.35. The number of carbonyl (C=O) groups excluding carboxylic acids is 1. The summed E-state index contributed by atoms with van der Waals surface area (Å²) in [5, 5.41) is 7.55. The van der Waals surface area contributed by atoms with E-state index in [0.717, 1.165) is 37.4 Å². The van der Waals surface area contributed by atoms with Gasteiger partial charge in [0.05, 0.1) is 23.1 Å². The summed E-state index contributed by atoms with van der Waals surface area (Å²) in [7, 11) is 1.94. The minimum atomic E-state index is -0.284. The molecule has 0 saturated carbocycles. The molecule has 0 radical (unpaired) electrons. The van der Waals surface area contributed by atoms with Crippen LogP contribution in [0.25, 0.3) is 5.69 Å². The number of carbonyl (C=O) groups is 1. The number of rotatable bonds is 5. The highest BCUT2D eigenvalue weighted by molar-refractivity contribution is 5.95. The van der Waals surface area contributed by atoms with Crippen LogP contribution in [-0.2, 0) is 6.42 Å². The predicted octanol–water partition coefficient (Wildman–Crippen LogP) is 2.26. The van der Waals surface area contributed by atoms with E-state index in [1.54, 1.807) is 23.0 Å². The van der Waals surface area contributed by atoms with Gasteiger partial charge in [-0.1, -0.05) is 6.92 Å². The lowest BCUT2D eigenvalue weighted by molar-refractivity contribution is 0.0786. The Bertz CT molecular complexity index is 710. The quantitative estimate of drug-likeness (QED) is 0.915. The number of halogens is 1. The van der Waals surface area contributed by atoms with E-state index in [1.807, 2.05) is 18.9 Å². The number of aromatic nitrogens is 2. The van der Waals surface area contributed by atoms with Gasteiger partial charge >= 0.3 is 0 Å². The molecule has 24 heavy (non-hydrogen) atoms. The molecule has 6 heteroatoms. The van der Waals surface area contributed by atoms with E-state index in [4.69, 9.17) is 0 Å². The second-order valence-corrected chi connectivity index (χ2v) is 6.21.